The molecule has 1 atom stereocenters. The van der Waals surface area contributed by atoms with Crippen molar-refractivity contribution in [2.24, 2.45) is 0 Å². The Morgan fingerprint density at radius 3 is 3.24 bits per heavy atom. The first-order chi connectivity index (χ1) is 8.27. The average Bonchev–Trinajstić information content (AvgIpc) is 2.80. The molecule has 17 heavy (non-hydrogen) atoms. The van der Waals surface area contributed by atoms with Gasteiger partial charge in [0, 0.05) is 12.6 Å². The molecule has 0 spiro atoms. The highest BCUT2D eigenvalue weighted by molar-refractivity contribution is 7.16. The molecule has 1 aromatic carbocycles. The number of hydrogen-bond acceptors (Lipinski definition) is 5. The number of aromatic nitrogens is 1. The summed E-state index contributed by atoms with van der Waals surface area (Å²) >= 11 is 1.62. The van der Waals surface area contributed by atoms with E-state index in [0.717, 1.165) is 41.3 Å². The van der Waals surface area contributed by atoms with Crippen LogP contribution in [-0.4, -0.2) is 30.8 Å². The molecular weight excluding hydrogens is 234 g/mol. The second-order valence-corrected chi connectivity index (χ2v) is 5.20. The number of thiazole rings is 1. The standard InChI is InChI=1S/C12H15N3OS/c1-8-6-16-5-4-15(8)9-2-3-10-12(11(9)13)14-7-17-10/h2-3,7-8H,4-6,13H2,1H3. The molecular formula is C12H15N3OS. The Morgan fingerprint density at radius 1 is 1.53 bits per heavy atom. The van der Waals surface area contributed by atoms with Crippen molar-refractivity contribution in [3.8, 4) is 0 Å². The Labute approximate surface area is 104 Å². The number of morpholine rings is 1. The summed E-state index contributed by atoms with van der Waals surface area (Å²) in [7, 11) is 0. The number of hydrogen-bond donors (Lipinski definition) is 1. The zero-order valence-corrected chi connectivity index (χ0v) is 10.5. The molecule has 4 nitrogen and oxygen atoms in total. The number of nitrogen functional groups attached to an aromatic ring is 1. The molecule has 0 radical (unpaired) electrons. The van der Waals surface area contributed by atoms with Gasteiger partial charge in [-0.25, -0.2) is 4.98 Å². The lowest BCUT2D eigenvalue weighted by Gasteiger charge is -2.35. The third-order valence-electron chi connectivity index (χ3n) is 3.20. The molecule has 0 bridgehead atoms. The van der Waals surface area contributed by atoms with Crippen molar-refractivity contribution in [3.63, 3.8) is 0 Å². The molecule has 2 aromatic rings. The lowest BCUT2D eigenvalue weighted by molar-refractivity contribution is 0.0990. The van der Waals surface area contributed by atoms with E-state index in [9.17, 15) is 0 Å². The van der Waals surface area contributed by atoms with Gasteiger partial charge in [-0.2, -0.15) is 0 Å². The van der Waals surface area contributed by atoms with Crippen LogP contribution in [0, 0.1) is 0 Å². The highest BCUT2D eigenvalue weighted by Gasteiger charge is 2.21. The van der Waals surface area contributed by atoms with Crippen molar-refractivity contribution in [2.75, 3.05) is 30.4 Å². The van der Waals surface area contributed by atoms with Crippen LogP contribution in [0.4, 0.5) is 11.4 Å². The highest BCUT2D eigenvalue weighted by Crippen LogP contribution is 2.33. The molecule has 1 aliphatic rings. The Balaban J connectivity index is 2.06. The maximum Gasteiger partial charge on any atom is 0.106 e. The fraction of sp³-hybridized carbons (Fsp3) is 0.417. The van der Waals surface area contributed by atoms with Crippen molar-refractivity contribution < 1.29 is 4.74 Å². The lowest BCUT2D eigenvalue weighted by atomic mass is 10.1. The maximum atomic E-state index is 6.22. The van der Waals surface area contributed by atoms with Gasteiger partial charge in [0.05, 0.1) is 34.8 Å². The van der Waals surface area contributed by atoms with E-state index in [0.29, 0.717) is 6.04 Å². The molecule has 0 amide bonds. The van der Waals surface area contributed by atoms with Crippen LogP contribution in [0.15, 0.2) is 17.6 Å². The third kappa shape index (κ3) is 1.75. The second kappa shape index (κ2) is 4.16. The van der Waals surface area contributed by atoms with Crippen molar-refractivity contribution in [1.29, 1.82) is 0 Å². The number of nitrogens with two attached hydrogens (primary N) is 1. The molecule has 2 N–H and O–H groups in total. The van der Waals surface area contributed by atoms with Gasteiger partial charge in [-0.3, -0.25) is 0 Å². The number of anilines is 2. The van der Waals surface area contributed by atoms with E-state index in [1.54, 1.807) is 11.3 Å². The first-order valence-electron chi connectivity index (χ1n) is 5.73. The summed E-state index contributed by atoms with van der Waals surface area (Å²) in [5.41, 5.74) is 10.9. The van der Waals surface area contributed by atoms with Crippen molar-refractivity contribution in [3.05, 3.63) is 17.6 Å². The second-order valence-electron chi connectivity index (χ2n) is 4.31. The molecule has 1 fully saturated rings. The molecule has 3 rings (SSSR count). The zero-order valence-electron chi connectivity index (χ0n) is 9.72. The van der Waals surface area contributed by atoms with Crippen LogP contribution in [0.2, 0.25) is 0 Å². The number of ether oxygens (including phenoxy) is 1. The number of fused-ring (bicyclic) bond motifs is 1. The van der Waals surface area contributed by atoms with E-state index in [4.69, 9.17) is 10.5 Å². The molecule has 2 heterocycles. The normalized spacial score (nSPS) is 21.0. The zero-order chi connectivity index (χ0) is 11.8. The monoisotopic (exact) mass is 249 g/mol. The highest BCUT2D eigenvalue weighted by atomic mass is 32.1. The van der Waals surface area contributed by atoms with E-state index in [1.807, 2.05) is 5.51 Å². The largest absolute Gasteiger partial charge is 0.395 e. The molecule has 90 valence electrons. The van der Waals surface area contributed by atoms with Gasteiger partial charge in [0.1, 0.15) is 5.52 Å². The number of nitrogens with zero attached hydrogens (tertiary/aromatic N) is 2. The lowest BCUT2D eigenvalue weighted by Crippen LogP contribution is -2.44. The summed E-state index contributed by atoms with van der Waals surface area (Å²) in [5, 5.41) is 0. The van der Waals surface area contributed by atoms with E-state index in [1.165, 1.54) is 0 Å². The van der Waals surface area contributed by atoms with E-state index in [2.05, 4.69) is 28.9 Å². The molecule has 0 aliphatic carbocycles. The van der Waals surface area contributed by atoms with Crippen LogP contribution in [0.25, 0.3) is 10.2 Å². The van der Waals surface area contributed by atoms with Crippen molar-refractivity contribution in [1.82, 2.24) is 4.98 Å². The number of rotatable bonds is 1. The van der Waals surface area contributed by atoms with Crippen molar-refractivity contribution in [2.45, 2.75) is 13.0 Å². The quantitative estimate of drug-likeness (QED) is 0.786. The maximum absolute atomic E-state index is 6.22. The van der Waals surface area contributed by atoms with E-state index in [-0.39, 0.29) is 0 Å². The van der Waals surface area contributed by atoms with Gasteiger partial charge < -0.3 is 15.4 Å². The van der Waals surface area contributed by atoms with Gasteiger partial charge >= 0.3 is 0 Å². The smallest absolute Gasteiger partial charge is 0.106 e. The van der Waals surface area contributed by atoms with Gasteiger partial charge in [0.2, 0.25) is 0 Å². The van der Waals surface area contributed by atoms with Gasteiger partial charge in [-0.1, -0.05) is 0 Å². The molecule has 1 unspecified atom stereocenters. The van der Waals surface area contributed by atoms with E-state index < -0.39 is 0 Å². The van der Waals surface area contributed by atoms with Gasteiger partial charge in [-0.15, -0.1) is 11.3 Å². The summed E-state index contributed by atoms with van der Waals surface area (Å²) in [6, 6.07) is 4.56. The van der Waals surface area contributed by atoms with Crippen LogP contribution in [0.1, 0.15) is 6.92 Å². The molecule has 0 saturated carbocycles. The summed E-state index contributed by atoms with van der Waals surface area (Å²) in [4.78, 5) is 6.64. The predicted molar refractivity (Wildman–Crippen MR) is 71.7 cm³/mol. The summed E-state index contributed by atoms with van der Waals surface area (Å²) in [6.45, 7) is 4.57. The Bertz CT molecular complexity index is 540. The molecule has 1 aliphatic heterocycles. The topological polar surface area (TPSA) is 51.4 Å². The third-order valence-corrected chi connectivity index (χ3v) is 3.99. The van der Waals surface area contributed by atoms with Crippen LogP contribution in [0.5, 0.6) is 0 Å². The molecule has 1 saturated heterocycles. The first-order valence-corrected chi connectivity index (χ1v) is 6.61. The minimum absolute atomic E-state index is 0.363. The van der Waals surface area contributed by atoms with Gasteiger partial charge in [0.15, 0.2) is 0 Å². The molecule has 1 aromatic heterocycles. The Morgan fingerprint density at radius 2 is 2.41 bits per heavy atom. The van der Waals surface area contributed by atoms with Gasteiger partial charge in [0.25, 0.3) is 0 Å². The summed E-state index contributed by atoms with van der Waals surface area (Å²) in [6.07, 6.45) is 0. The van der Waals surface area contributed by atoms with Crippen LogP contribution in [0.3, 0.4) is 0 Å². The minimum atomic E-state index is 0.363. The fourth-order valence-corrected chi connectivity index (χ4v) is 2.97. The van der Waals surface area contributed by atoms with Crippen molar-refractivity contribution >= 4 is 32.9 Å². The van der Waals surface area contributed by atoms with Crippen LogP contribution < -0.4 is 10.6 Å². The SMILES string of the molecule is CC1COCCN1c1ccc2scnc2c1N. The fourth-order valence-electron chi connectivity index (χ4n) is 2.28. The molecule has 5 heteroatoms. The van der Waals surface area contributed by atoms with E-state index >= 15 is 0 Å². The predicted octanol–water partition coefficient (Wildman–Crippen LogP) is 2.10. The Kier molecular flexibility index (Phi) is 2.64. The summed E-state index contributed by atoms with van der Waals surface area (Å²) < 4.78 is 6.60. The first kappa shape index (κ1) is 10.8. The Hall–Kier alpha value is -1.33. The van der Waals surface area contributed by atoms with Gasteiger partial charge in [-0.05, 0) is 19.1 Å². The number of benzene rings is 1. The average molecular weight is 249 g/mol. The minimum Gasteiger partial charge on any atom is -0.395 e. The van der Waals surface area contributed by atoms with Crippen LogP contribution >= 0.6 is 11.3 Å². The van der Waals surface area contributed by atoms with Crippen LogP contribution in [-0.2, 0) is 4.74 Å². The summed E-state index contributed by atoms with van der Waals surface area (Å²) in [5.74, 6) is 0.